The van der Waals surface area contributed by atoms with Crippen molar-refractivity contribution >= 4 is 37.5 Å². The number of thiazole rings is 1. The fourth-order valence-electron chi connectivity index (χ4n) is 2.81. The largest absolute Gasteiger partial charge is 0.497 e. The van der Waals surface area contributed by atoms with Crippen LogP contribution in [0.3, 0.4) is 0 Å². The summed E-state index contributed by atoms with van der Waals surface area (Å²) in [5.74, 6) is 0.0911. The van der Waals surface area contributed by atoms with E-state index in [1.165, 1.54) is 37.7 Å². The first kappa shape index (κ1) is 22.0. The molecule has 0 aliphatic rings. The summed E-state index contributed by atoms with van der Waals surface area (Å²) in [6, 6.07) is 11.1. The van der Waals surface area contributed by atoms with E-state index >= 15 is 0 Å². The zero-order chi connectivity index (χ0) is 21.7. The van der Waals surface area contributed by atoms with Crippen LogP contribution in [0, 0.1) is 0 Å². The SMILES string of the molecule is CCOCCn1c(=NS(=O)(=O)c2ccc(OC)cc2)sc2cc(C(=O)OC)ccc21. The number of esters is 1. The second kappa shape index (κ2) is 9.41. The Hall–Kier alpha value is -2.69. The van der Waals surface area contributed by atoms with E-state index in [-0.39, 0.29) is 4.90 Å². The molecule has 0 amide bonds. The number of hydrogen-bond acceptors (Lipinski definition) is 7. The van der Waals surface area contributed by atoms with Crippen molar-refractivity contribution in [3.63, 3.8) is 0 Å². The molecule has 0 spiro atoms. The van der Waals surface area contributed by atoms with Gasteiger partial charge in [0.05, 0.1) is 41.5 Å². The average molecular weight is 451 g/mol. The summed E-state index contributed by atoms with van der Waals surface area (Å²) in [5.41, 5.74) is 1.14. The van der Waals surface area contributed by atoms with Crippen molar-refractivity contribution < 1.29 is 27.4 Å². The number of carbonyl (C=O) groups is 1. The highest BCUT2D eigenvalue weighted by molar-refractivity contribution is 7.90. The molecule has 1 heterocycles. The van der Waals surface area contributed by atoms with E-state index in [4.69, 9.17) is 14.2 Å². The van der Waals surface area contributed by atoms with E-state index in [1.54, 1.807) is 34.9 Å². The highest BCUT2D eigenvalue weighted by Gasteiger charge is 2.16. The van der Waals surface area contributed by atoms with E-state index in [2.05, 4.69) is 4.40 Å². The van der Waals surface area contributed by atoms with Crippen LogP contribution in [0.15, 0.2) is 51.8 Å². The first-order chi connectivity index (χ1) is 14.4. The smallest absolute Gasteiger partial charge is 0.337 e. The summed E-state index contributed by atoms with van der Waals surface area (Å²) in [5, 5.41) is 0. The van der Waals surface area contributed by atoms with Gasteiger partial charge in [0.1, 0.15) is 5.75 Å². The van der Waals surface area contributed by atoms with Crippen molar-refractivity contribution in [2.75, 3.05) is 27.4 Å². The number of fused-ring (bicyclic) bond motifs is 1. The lowest BCUT2D eigenvalue weighted by atomic mass is 10.2. The summed E-state index contributed by atoms with van der Waals surface area (Å²) in [6.45, 7) is 3.25. The lowest BCUT2D eigenvalue weighted by Crippen LogP contribution is -2.20. The van der Waals surface area contributed by atoms with Gasteiger partial charge in [0.2, 0.25) is 4.80 Å². The van der Waals surface area contributed by atoms with Crippen LogP contribution in [0.4, 0.5) is 0 Å². The van der Waals surface area contributed by atoms with Crippen molar-refractivity contribution in [3.05, 3.63) is 52.8 Å². The van der Waals surface area contributed by atoms with Gasteiger partial charge in [-0.2, -0.15) is 8.42 Å². The maximum Gasteiger partial charge on any atom is 0.337 e. The predicted octanol–water partition coefficient (Wildman–Crippen LogP) is 2.82. The fraction of sp³-hybridized carbons (Fsp3) is 0.300. The first-order valence-corrected chi connectivity index (χ1v) is 11.4. The molecule has 0 unspecified atom stereocenters. The summed E-state index contributed by atoms with van der Waals surface area (Å²) in [6.07, 6.45) is 0. The van der Waals surface area contributed by atoms with Gasteiger partial charge in [0.15, 0.2) is 0 Å². The van der Waals surface area contributed by atoms with E-state index in [0.29, 0.717) is 35.9 Å². The number of methoxy groups -OCH3 is 2. The van der Waals surface area contributed by atoms with E-state index in [0.717, 1.165) is 10.2 Å². The lowest BCUT2D eigenvalue weighted by Gasteiger charge is -2.06. The number of aromatic nitrogens is 1. The molecule has 160 valence electrons. The van der Waals surface area contributed by atoms with Gasteiger partial charge in [-0.3, -0.25) is 0 Å². The molecule has 3 rings (SSSR count). The van der Waals surface area contributed by atoms with Crippen molar-refractivity contribution in [2.45, 2.75) is 18.4 Å². The number of rotatable bonds is 8. The van der Waals surface area contributed by atoms with E-state index in [9.17, 15) is 13.2 Å². The standard InChI is InChI=1S/C20H22N2O6S2/c1-4-28-12-11-22-17-10-5-14(19(23)27-3)13-18(17)29-20(22)21-30(24,25)16-8-6-15(26-2)7-9-16/h5-10,13H,4,11-12H2,1-3H3. The Labute approximate surface area is 178 Å². The maximum atomic E-state index is 12.9. The van der Waals surface area contributed by atoms with Crippen LogP contribution in [-0.2, 0) is 26.0 Å². The Morgan fingerprint density at radius 3 is 2.50 bits per heavy atom. The van der Waals surface area contributed by atoms with Crippen molar-refractivity contribution in [1.82, 2.24) is 4.57 Å². The lowest BCUT2D eigenvalue weighted by molar-refractivity contribution is 0.0601. The van der Waals surface area contributed by atoms with Crippen molar-refractivity contribution in [1.29, 1.82) is 0 Å². The molecule has 0 bridgehead atoms. The summed E-state index contributed by atoms with van der Waals surface area (Å²) in [7, 11) is -1.12. The predicted molar refractivity (Wildman–Crippen MR) is 113 cm³/mol. The van der Waals surface area contributed by atoms with Crippen LogP contribution in [0.5, 0.6) is 5.75 Å². The van der Waals surface area contributed by atoms with Gasteiger partial charge < -0.3 is 18.8 Å². The summed E-state index contributed by atoms with van der Waals surface area (Å²) >= 11 is 1.18. The molecule has 0 saturated heterocycles. The molecular formula is C20H22N2O6S2. The molecule has 3 aromatic rings. The Kier molecular flexibility index (Phi) is 6.91. The molecule has 1 aromatic heterocycles. The average Bonchev–Trinajstić information content (AvgIpc) is 3.09. The molecule has 2 aromatic carbocycles. The number of benzene rings is 2. The maximum absolute atomic E-state index is 12.9. The van der Waals surface area contributed by atoms with Crippen LogP contribution in [0.1, 0.15) is 17.3 Å². The second-order valence-electron chi connectivity index (χ2n) is 6.15. The van der Waals surface area contributed by atoms with Crippen LogP contribution in [-0.4, -0.2) is 46.4 Å². The van der Waals surface area contributed by atoms with Gasteiger partial charge >= 0.3 is 5.97 Å². The summed E-state index contributed by atoms with van der Waals surface area (Å²) in [4.78, 5) is 12.2. The molecule has 0 N–H and O–H groups in total. The Morgan fingerprint density at radius 1 is 1.13 bits per heavy atom. The summed E-state index contributed by atoms with van der Waals surface area (Å²) < 4.78 is 47.6. The Bertz CT molecular complexity index is 1210. The Balaban J connectivity index is 2.13. The second-order valence-corrected chi connectivity index (χ2v) is 8.76. The van der Waals surface area contributed by atoms with E-state index < -0.39 is 16.0 Å². The minimum Gasteiger partial charge on any atom is -0.497 e. The number of nitrogens with zero attached hydrogens (tertiary/aromatic N) is 2. The van der Waals surface area contributed by atoms with Gasteiger partial charge in [-0.15, -0.1) is 4.40 Å². The number of sulfonamides is 1. The number of hydrogen-bond donors (Lipinski definition) is 0. The van der Waals surface area contributed by atoms with Crippen LogP contribution in [0.25, 0.3) is 10.2 Å². The molecule has 0 aliphatic heterocycles. The minimum atomic E-state index is -3.94. The molecule has 30 heavy (non-hydrogen) atoms. The van der Waals surface area contributed by atoms with Gasteiger partial charge in [-0.25, -0.2) is 4.79 Å². The third kappa shape index (κ3) is 4.72. The molecular weight excluding hydrogens is 428 g/mol. The minimum absolute atomic E-state index is 0.0624. The highest BCUT2D eigenvalue weighted by atomic mass is 32.2. The number of ether oxygens (including phenoxy) is 3. The molecule has 0 atom stereocenters. The Morgan fingerprint density at radius 2 is 1.87 bits per heavy atom. The van der Waals surface area contributed by atoms with Gasteiger partial charge in [-0.05, 0) is 49.4 Å². The molecule has 10 heteroatoms. The monoisotopic (exact) mass is 450 g/mol. The van der Waals surface area contributed by atoms with E-state index in [1.807, 2.05) is 6.92 Å². The van der Waals surface area contributed by atoms with Crippen molar-refractivity contribution in [2.24, 2.45) is 4.40 Å². The van der Waals surface area contributed by atoms with Crippen LogP contribution in [0.2, 0.25) is 0 Å². The zero-order valence-electron chi connectivity index (χ0n) is 16.8. The molecule has 8 nitrogen and oxygen atoms in total. The quantitative estimate of drug-likeness (QED) is 0.387. The third-order valence-electron chi connectivity index (χ3n) is 4.32. The number of carbonyl (C=O) groups excluding carboxylic acids is 1. The fourth-order valence-corrected chi connectivity index (χ4v) is 5.11. The molecule has 0 aliphatic carbocycles. The van der Waals surface area contributed by atoms with Crippen molar-refractivity contribution in [3.8, 4) is 5.75 Å². The topological polar surface area (TPSA) is 96.2 Å². The van der Waals surface area contributed by atoms with Crippen LogP contribution >= 0.6 is 11.3 Å². The first-order valence-electron chi connectivity index (χ1n) is 9.14. The van der Waals surface area contributed by atoms with Gasteiger partial charge in [0.25, 0.3) is 10.0 Å². The van der Waals surface area contributed by atoms with Crippen LogP contribution < -0.4 is 9.54 Å². The molecule has 0 radical (unpaired) electrons. The van der Waals surface area contributed by atoms with Gasteiger partial charge in [-0.1, -0.05) is 11.3 Å². The normalized spacial score (nSPS) is 12.3. The zero-order valence-corrected chi connectivity index (χ0v) is 18.5. The third-order valence-corrected chi connectivity index (χ3v) is 6.76. The molecule has 0 saturated carbocycles. The molecule has 0 fully saturated rings. The highest BCUT2D eigenvalue weighted by Crippen LogP contribution is 2.22. The van der Waals surface area contributed by atoms with Gasteiger partial charge in [0, 0.05) is 13.2 Å².